The van der Waals surface area contributed by atoms with Gasteiger partial charge in [-0.25, -0.2) is 19.2 Å². The molecule has 0 spiro atoms. The number of halogens is 1. The lowest BCUT2D eigenvalue weighted by molar-refractivity contribution is 0.0926. The van der Waals surface area contributed by atoms with E-state index in [1.165, 1.54) is 22.0 Å². The van der Waals surface area contributed by atoms with Gasteiger partial charge in [-0.15, -0.1) is 11.3 Å². The molecule has 208 valence electrons. The quantitative estimate of drug-likeness (QED) is 0.353. The van der Waals surface area contributed by atoms with Crippen molar-refractivity contribution < 1.29 is 9.18 Å². The number of carbonyl (C=O) groups is 1. The highest BCUT2D eigenvalue weighted by atomic mass is 32.2. The molecule has 1 aliphatic heterocycles. The maximum atomic E-state index is 14.2. The Kier molecular flexibility index (Phi) is 7.59. The Hall–Kier alpha value is -3.31. The van der Waals surface area contributed by atoms with Crippen molar-refractivity contribution in [3.8, 4) is 11.3 Å². The number of nitrogens with one attached hydrogen (secondary N) is 1. The Morgan fingerprint density at radius 1 is 1.00 bits per heavy atom. The first-order valence-corrected chi connectivity index (χ1v) is 15.6. The summed E-state index contributed by atoms with van der Waals surface area (Å²) in [7, 11) is 0. The number of aromatic nitrogens is 4. The smallest absolute Gasteiger partial charge is 0.333 e. The largest absolute Gasteiger partial charge is 0.349 e. The molecule has 1 saturated heterocycles. The van der Waals surface area contributed by atoms with Crippen molar-refractivity contribution in [3.05, 3.63) is 79.1 Å². The van der Waals surface area contributed by atoms with Crippen molar-refractivity contribution in [2.24, 2.45) is 0 Å². The third-order valence-corrected chi connectivity index (χ3v) is 9.88. The minimum absolute atomic E-state index is 0.0710. The Balaban J connectivity index is 1.24. The molecule has 4 heterocycles. The first-order chi connectivity index (χ1) is 19.4. The van der Waals surface area contributed by atoms with E-state index in [4.69, 9.17) is 0 Å². The molecule has 1 N–H and O–H groups in total. The third kappa shape index (κ3) is 5.12. The number of aryl methyl sites for hydroxylation is 1. The summed E-state index contributed by atoms with van der Waals surface area (Å²) in [5, 5.41) is 4.12. The van der Waals surface area contributed by atoms with Crippen molar-refractivity contribution in [1.82, 2.24) is 24.4 Å². The molecule has 8 nitrogen and oxygen atoms in total. The molecule has 1 amide bonds. The van der Waals surface area contributed by atoms with Crippen LogP contribution in [-0.4, -0.2) is 42.6 Å². The number of carbonyl (C=O) groups excluding carboxylic acids is 1. The van der Waals surface area contributed by atoms with Crippen LogP contribution in [-0.2, 0) is 0 Å². The van der Waals surface area contributed by atoms with Crippen molar-refractivity contribution in [3.63, 3.8) is 0 Å². The van der Waals surface area contributed by atoms with Gasteiger partial charge in [0.2, 0.25) is 0 Å². The third-order valence-electron chi connectivity index (χ3n) is 7.86. The van der Waals surface area contributed by atoms with Gasteiger partial charge in [-0.2, -0.15) is 11.8 Å². The Morgan fingerprint density at radius 2 is 1.70 bits per heavy atom. The van der Waals surface area contributed by atoms with E-state index in [0.29, 0.717) is 36.3 Å². The molecule has 1 saturated carbocycles. The number of rotatable bonds is 5. The normalized spacial score (nSPS) is 20.1. The Morgan fingerprint density at radius 3 is 2.42 bits per heavy atom. The zero-order valence-corrected chi connectivity index (χ0v) is 23.8. The Bertz CT molecular complexity index is 1670. The summed E-state index contributed by atoms with van der Waals surface area (Å²) in [6, 6.07) is 10.4. The maximum Gasteiger partial charge on any atom is 0.333 e. The number of pyridine rings is 1. The predicted molar refractivity (Wildman–Crippen MR) is 157 cm³/mol. The van der Waals surface area contributed by atoms with Crippen LogP contribution in [0.5, 0.6) is 0 Å². The topological polar surface area (TPSA) is 98.9 Å². The van der Waals surface area contributed by atoms with Gasteiger partial charge in [0, 0.05) is 23.7 Å². The summed E-state index contributed by atoms with van der Waals surface area (Å²) in [5.41, 5.74) is 0.983. The van der Waals surface area contributed by atoms with Crippen LogP contribution in [0, 0.1) is 12.7 Å². The fourth-order valence-electron chi connectivity index (χ4n) is 5.90. The minimum Gasteiger partial charge on any atom is -0.349 e. The average Bonchev–Trinajstić information content (AvgIpc) is 3.37. The van der Waals surface area contributed by atoms with Gasteiger partial charge in [0.1, 0.15) is 16.3 Å². The monoisotopic (exact) mass is 579 g/mol. The molecule has 3 aromatic heterocycles. The first-order valence-electron chi connectivity index (χ1n) is 13.6. The number of hydrogen-bond acceptors (Lipinski definition) is 7. The van der Waals surface area contributed by atoms with Gasteiger partial charge in [0.25, 0.3) is 11.5 Å². The van der Waals surface area contributed by atoms with Crippen LogP contribution >= 0.6 is 23.1 Å². The summed E-state index contributed by atoms with van der Waals surface area (Å²) in [6.45, 7) is 1.89. The summed E-state index contributed by atoms with van der Waals surface area (Å²) in [6.07, 6.45) is 5.04. The van der Waals surface area contributed by atoms with Gasteiger partial charge in [-0.05, 0) is 63.0 Å². The second-order valence-corrected chi connectivity index (χ2v) is 12.9. The molecule has 0 unspecified atom stereocenters. The van der Waals surface area contributed by atoms with Crippen LogP contribution < -0.4 is 16.6 Å². The fourth-order valence-corrected chi connectivity index (χ4v) is 7.83. The zero-order valence-electron chi connectivity index (χ0n) is 22.1. The summed E-state index contributed by atoms with van der Waals surface area (Å²) in [5.74, 6) is 1.10. The van der Waals surface area contributed by atoms with Crippen LogP contribution in [0.25, 0.3) is 22.3 Å². The van der Waals surface area contributed by atoms with Gasteiger partial charge in [0.15, 0.2) is 0 Å². The number of thiazole rings is 1. The number of hydrogen-bond donors (Lipinski definition) is 1. The van der Waals surface area contributed by atoms with Crippen LogP contribution in [0.2, 0.25) is 0 Å². The highest BCUT2D eigenvalue weighted by molar-refractivity contribution is 7.99. The van der Waals surface area contributed by atoms with Gasteiger partial charge < -0.3 is 5.32 Å². The molecule has 0 radical (unpaired) electrons. The highest BCUT2D eigenvalue weighted by Crippen LogP contribution is 2.32. The van der Waals surface area contributed by atoms with E-state index in [2.05, 4.69) is 15.3 Å². The first kappa shape index (κ1) is 26.9. The summed E-state index contributed by atoms with van der Waals surface area (Å²) in [4.78, 5) is 50.0. The lowest BCUT2D eigenvalue weighted by atomic mass is 9.90. The number of thioether (sulfide) groups is 1. The molecule has 1 aliphatic carbocycles. The van der Waals surface area contributed by atoms with Crippen molar-refractivity contribution in [2.45, 2.75) is 63.6 Å². The molecule has 1 aromatic carbocycles. The lowest BCUT2D eigenvalue weighted by Crippen LogP contribution is -2.46. The summed E-state index contributed by atoms with van der Waals surface area (Å²) >= 11 is 3.22. The SMILES string of the molecule is Cc1nc(-c2ccccc2)c(C(=O)N[C@H]2CC[C@@H](n3c(=O)c4cc(F)cnc4n(C4CCSCC4)c3=O)CC2)s1. The minimum atomic E-state index is -0.597. The molecule has 6 rings (SSSR count). The highest BCUT2D eigenvalue weighted by Gasteiger charge is 2.30. The molecule has 4 aromatic rings. The Labute approximate surface area is 238 Å². The molecular weight excluding hydrogens is 549 g/mol. The van der Waals surface area contributed by atoms with Gasteiger partial charge in [-0.3, -0.25) is 18.7 Å². The molecule has 40 heavy (non-hydrogen) atoms. The van der Waals surface area contributed by atoms with Crippen molar-refractivity contribution >= 4 is 40.0 Å². The lowest BCUT2D eigenvalue weighted by Gasteiger charge is -2.31. The predicted octanol–water partition coefficient (Wildman–Crippen LogP) is 5.11. The van der Waals surface area contributed by atoms with E-state index in [9.17, 15) is 18.8 Å². The van der Waals surface area contributed by atoms with Crippen LogP contribution in [0.1, 0.15) is 65.3 Å². The fraction of sp³-hybridized carbons (Fsp3) is 0.414. The van der Waals surface area contributed by atoms with E-state index < -0.39 is 11.4 Å². The number of benzene rings is 1. The van der Waals surface area contributed by atoms with Crippen LogP contribution in [0.3, 0.4) is 0 Å². The van der Waals surface area contributed by atoms with Gasteiger partial charge >= 0.3 is 5.69 Å². The van der Waals surface area contributed by atoms with E-state index in [0.717, 1.165) is 41.1 Å². The molecular formula is C29H30FN5O3S2. The average molecular weight is 580 g/mol. The molecule has 2 fully saturated rings. The molecule has 0 bridgehead atoms. The van der Waals surface area contributed by atoms with E-state index in [-0.39, 0.29) is 40.8 Å². The van der Waals surface area contributed by atoms with Crippen LogP contribution in [0.15, 0.2) is 52.2 Å². The second-order valence-electron chi connectivity index (χ2n) is 10.5. The number of amides is 1. The van der Waals surface area contributed by atoms with E-state index in [1.807, 2.05) is 49.0 Å². The zero-order chi connectivity index (χ0) is 27.8. The number of fused-ring (bicyclic) bond motifs is 1. The van der Waals surface area contributed by atoms with Crippen molar-refractivity contribution in [2.75, 3.05) is 11.5 Å². The molecule has 0 atom stereocenters. The van der Waals surface area contributed by atoms with Crippen molar-refractivity contribution in [1.29, 1.82) is 0 Å². The second kappa shape index (κ2) is 11.3. The molecule has 2 aliphatic rings. The molecule has 11 heteroatoms. The standard InChI is InChI=1S/C29H30FN5O3S2/c1-17-32-24(18-5-3-2-4-6-18)25(40-17)27(36)33-20-7-9-21(10-8-20)35-28(37)23-15-19(30)16-31-26(23)34(29(35)38)22-11-13-39-14-12-22/h2-6,15-16,20-22H,7-14H2,1H3,(H,33,36)/t20-,21+. The van der Waals surface area contributed by atoms with Gasteiger partial charge in [0.05, 0.1) is 22.3 Å². The van der Waals surface area contributed by atoms with E-state index in [1.54, 1.807) is 4.57 Å². The number of nitrogens with zero attached hydrogens (tertiary/aromatic N) is 4. The van der Waals surface area contributed by atoms with Gasteiger partial charge in [-0.1, -0.05) is 30.3 Å². The van der Waals surface area contributed by atoms with Crippen LogP contribution in [0.4, 0.5) is 4.39 Å². The van der Waals surface area contributed by atoms with E-state index >= 15 is 0 Å². The summed E-state index contributed by atoms with van der Waals surface area (Å²) < 4.78 is 17.1. The maximum absolute atomic E-state index is 14.2.